The number of para-hydroxylation sites is 1. The fourth-order valence-electron chi connectivity index (χ4n) is 3.50. The number of nitrogens with one attached hydrogen (secondary N) is 1. The molecule has 0 spiro atoms. The van der Waals surface area contributed by atoms with E-state index in [0.29, 0.717) is 25.6 Å². The number of amides is 2. The van der Waals surface area contributed by atoms with Crippen LogP contribution < -0.4 is 10.2 Å². The third kappa shape index (κ3) is 3.38. The Morgan fingerprint density at radius 3 is 3.00 bits per heavy atom. The zero-order valence-corrected chi connectivity index (χ0v) is 13.3. The second-order valence-electron chi connectivity index (χ2n) is 6.14. The average molecular weight is 313 g/mol. The Hall–Kier alpha value is -2.30. The Morgan fingerprint density at radius 1 is 1.35 bits per heavy atom. The number of anilines is 1. The van der Waals surface area contributed by atoms with Gasteiger partial charge in [-0.05, 0) is 30.5 Å². The first-order valence-electron chi connectivity index (χ1n) is 8.21. The van der Waals surface area contributed by atoms with Gasteiger partial charge in [-0.15, -0.1) is 0 Å². The van der Waals surface area contributed by atoms with Crippen molar-refractivity contribution < 1.29 is 9.59 Å². The van der Waals surface area contributed by atoms with Crippen LogP contribution in [0, 0.1) is 0 Å². The van der Waals surface area contributed by atoms with Gasteiger partial charge < -0.3 is 15.1 Å². The molecule has 0 saturated carbocycles. The summed E-state index contributed by atoms with van der Waals surface area (Å²) in [7, 11) is 0. The van der Waals surface area contributed by atoms with Gasteiger partial charge in [0.05, 0.1) is 0 Å². The topological polar surface area (TPSA) is 52.7 Å². The predicted molar refractivity (Wildman–Crippen MR) is 90.1 cm³/mol. The lowest BCUT2D eigenvalue weighted by molar-refractivity contribution is -0.131. The van der Waals surface area contributed by atoms with E-state index in [1.54, 1.807) is 0 Å². The van der Waals surface area contributed by atoms with Crippen LogP contribution in [0.4, 0.5) is 5.69 Å². The maximum Gasteiger partial charge on any atom is 0.243 e. The van der Waals surface area contributed by atoms with Crippen LogP contribution in [-0.2, 0) is 16.1 Å². The van der Waals surface area contributed by atoms with Crippen LogP contribution in [0.15, 0.2) is 36.9 Å². The van der Waals surface area contributed by atoms with Crippen molar-refractivity contribution in [2.75, 3.05) is 24.5 Å². The van der Waals surface area contributed by atoms with E-state index in [-0.39, 0.29) is 11.8 Å². The van der Waals surface area contributed by atoms with Gasteiger partial charge in [-0.1, -0.05) is 24.8 Å². The van der Waals surface area contributed by atoms with E-state index in [0.717, 1.165) is 19.5 Å². The van der Waals surface area contributed by atoms with E-state index in [1.807, 2.05) is 11.0 Å². The van der Waals surface area contributed by atoms with Crippen molar-refractivity contribution in [1.29, 1.82) is 0 Å². The lowest BCUT2D eigenvalue weighted by Gasteiger charge is -2.27. The van der Waals surface area contributed by atoms with Crippen molar-refractivity contribution in [3.8, 4) is 0 Å². The zero-order valence-electron chi connectivity index (χ0n) is 13.3. The Morgan fingerprint density at radius 2 is 2.17 bits per heavy atom. The minimum Gasteiger partial charge on any atom is -0.366 e. The van der Waals surface area contributed by atoms with Gasteiger partial charge in [0.2, 0.25) is 11.8 Å². The lowest BCUT2D eigenvalue weighted by Crippen LogP contribution is -2.41. The first-order chi connectivity index (χ1) is 11.2. The molecule has 0 bridgehead atoms. The molecular formula is C18H23N3O2. The number of benzene rings is 1. The Kier molecular flexibility index (Phi) is 4.65. The van der Waals surface area contributed by atoms with Crippen molar-refractivity contribution in [3.63, 3.8) is 0 Å². The van der Waals surface area contributed by atoms with Gasteiger partial charge in [-0.3, -0.25) is 9.59 Å². The normalized spacial score (nSPS) is 19.6. The second-order valence-corrected chi connectivity index (χ2v) is 6.14. The van der Waals surface area contributed by atoms with Crippen molar-refractivity contribution in [2.24, 2.45) is 0 Å². The molecule has 1 atom stereocenters. The number of hydrogen-bond donors (Lipinski definition) is 1. The average Bonchev–Trinajstić information content (AvgIpc) is 2.96. The minimum absolute atomic E-state index is 0.0953. The summed E-state index contributed by atoms with van der Waals surface area (Å²) < 4.78 is 0. The van der Waals surface area contributed by atoms with E-state index >= 15 is 0 Å². The Labute approximate surface area is 137 Å². The SMILES string of the molecule is C=CC(=O)NCCC(=O)N1Cc2ccccc2N2CCC[C@@H]2C1. The van der Waals surface area contributed by atoms with Crippen molar-refractivity contribution in [1.82, 2.24) is 10.2 Å². The smallest absolute Gasteiger partial charge is 0.243 e. The first kappa shape index (κ1) is 15.6. The molecule has 2 aliphatic rings. The third-order valence-corrected chi connectivity index (χ3v) is 4.65. The largest absolute Gasteiger partial charge is 0.366 e. The van der Waals surface area contributed by atoms with Crippen LogP contribution >= 0.6 is 0 Å². The summed E-state index contributed by atoms with van der Waals surface area (Å²) in [6, 6.07) is 8.77. The molecule has 0 unspecified atom stereocenters. The molecule has 2 amide bonds. The van der Waals surface area contributed by atoms with E-state index in [1.165, 1.54) is 23.7 Å². The van der Waals surface area contributed by atoms with Gasteiger partial charge in [-0.2, -0.15) is 0 Å². The quantitative estimate of drug-likeness (QED) is 0.861. The number of hydrogen-bond acceptors (Lipinski definition) is 3. The molecule has 1 aromatic carbocycles. The monoisotopic (exact) mass is 313 g/mol. The van der Waals surface area contributed by atoms with Gasteiger partial charge in [-0.25, -0.2) is 0 Å². The molecule has 0 radical (unpaired) electrons. The Balaban J connectivity index is 1.70. The predicted octanol–water partition coefficient (Wildman–Crippen LogP) is 1.69. The van der Waals surface area contributed by atoms with Crippen LogP contribution in [0.1, 0.15) is 24.8 Å². The number of carbonyl (C=O) groups excluding carboxylic acids is 2. The molecule has 1 saturated heterocycles. The Bertz CT molecular complexity index is 614. The van der Waals surface area contributed by atoms with Gasteiger partial charge in [0, 0.05) is 44.3 Å². The second kappa shape index (κ2) is 6.86. The summed E-state index contributed by atoms with van der Waals surface area (Å²) in [5, 5.41) is 2.67. The van der Waals surface area contributed by atoms with E-state index in [4.69, 9.17) is 0 Å². The van der Waals surface area contributed by atoms with Crippen LogP contribution in [0.25, 0.3) is 0 Å². The molecule has 1 aromatic rings. The molecule has 0 aromatic heterocycles. The van der Waals surface area contributed by atoms with Crippen molar-refractivity contribution in [3.05, 3.63) is 42.5 Å². The van der Waals surface area contributed by atoms with Crippen molar-refractivity contribution in [2.45, 2.75) is 31.8 Å². The molecule has 1 fully saturated rings. The highest BCUT2D eigenvalue weighted by atomic mass is 16.2. The summed E-state index contributed by atoms with van der Waals surface area (Å²) in [5.41, 5.74) is 2.48. The molecular weight excluding hydrogens is 290 g/mol. The highest BCUT2D eigenvalue weighted by Gasteiger charge is 2.32. The van der Waals surface area contributed by atoms with Gasteiger partial charge in [0.1, 0.15) is 0 Å². The molecule has 2 heterocycles. The number of carbonyl (C=O) groups is 2. The fourth-order valence-corrected chi connectivity index (χ4v) is 3.50. The fraction of sp³-hybridized carbons (Fsp3) is 0.444. The molecule has 5 nitrogen and oxygen atoms in total. The minimum atomic E-state index is -0.235. The lowest BCUT2D eigenvalue weighted by atomic mass is 10.1. The summed E-state index contributed by atoms with van der Waals surface area (Å²) in [6.07, 6.45) is 3.86. The zero-order chi connectivity index (χ0) is 16.2. The number of fused-ring (bicyclic) bond motifs is 3. The standard InChI is InChI=1S/C18H23N3O2/c1-2-17(22)19-10-9-18(23)20-12-14-6-3-4-8-16(14)21-11-5-7-15(21)13-20/h2-4,6,8,15H,1,5,7,9-13H2,(H,19,22)/t15-/m1/s1. The molecule has 2 aliphatic heterocycles. The molecule has 5 heteroatoms. The van der Waals surface area contributed by atoms with Gasteiger partial charge >= 0.3 is 0 Å². The van der Waals surface area contributed by atoms with Crippen LogP contribution in [-0.4, -0.2) is 42.4 Å². The maximum absolute atomic E-state index is 12.5. The number of rotatable bonds is 4. The van der Waals surface area contributed by atoms with E-state index in [2.05, 4.69) is 35.0 Å². The third-order valence-electron chi connectivity index (χ3n) is 4.65. The molecule has 3 rings (SSSR count). The maximum atomic E-state index is 12.5. The molecule has 1 N–H and O–H groups in total. The van der Waals surface area contributed by atoms with Crippen LogP contribution in [0.5, 0.6) is 0 Å². The highest BCUT2D eigenvalue weighted by molar-refractivity contribution is 5.87. The van der Waals surface area contributed by atoms with Gasteiger partial charge in [0.25, 0.3) is 0 Å². The van der Waals surface area contributed by atoms with E-state index < -0.39 is 0 Å². The van der Waals surface area contributed by atoms with E-state index in [9.17, 15) is 9.59 Å². The first-order valence-corrected chi connectivity index (χ1v) is 8.21. The summed E-state index contributed by atoms with van der Waals surface area (Å²) in [6.45, 7) is 6.25. The molecule has 0 aliphatic carbocycles. The van der Waals surface area contributed by atoms with Gasteiger partial charge in [0.15, 0.2) is 0 Å². The summed E-state index contributed by atoms with van der Waals surface area (Å²) in [4.78, 5) is 28.1. The molecule has 23 heavy (non-hydrogen) atoms. The number of nitrogens with zero attached hydrogens (tertiary/aromatic N) is 2. The van der Waals surface area contributed by atoms with Crippen molar-refractivity contribution >= 4 is 17.5 Å². The summed E-state index contributed by atoms with van der Waals surface area (Å²) in [5.74, 6) is -0.140. The van der Waals surface area contributed by atoms with Crippen LogP contribution in [0.2, 0.25) is 0 Å². The summed E-state index contributed by atoms with van der Waals surface area (Å²) >= 11 is 0. The highest BCUT2D eigenvalue weighted by Crippen LogP contribution is 2.33. The molecule has 122 valence electrons. The van der Waals surface area contributed by atoms with Crippen LogP contribution in [0.3, 0.4) is 0 Å².